The molecule has 2 fully saturated rings. The van der Waals surface area contributed by atoms with Crippen LogP contribution in [0.3, 0.4) is 0 Å². The zero-order valence-electron chi connectivity index (χ0n) is 11.8. The van der Waals surface area contributed by atoms with Gasteiger partial charge in [-0.1, -0.05) is 12.8 Å². The average Bonchev–Trinajstić information content (AvgIpc) is 2.82. The number of halogens is 3. The van der Waals surface area contributed by atoms with Gasteiger partial charge in [0.25, 0.3) is 0 Å². The van der Waals surface area contributed by atoms with Gasteiger partial charge in [-0.3, -0.25) is 9.80 Å². The van der Waals surface area contributed by atoms with E-state index >= 15 is 0 Å². The second kappa shape index (κ2) is 7.96. The summed E-state index contributed by atoms with van der Waals surface area (Å²) in [5, 5.41) is 0. The summed E-state index contributed by atoms with van der Waals surface area (Å²) in [6.07, 6.45) is 5.13. The molecule has 0 aromatic rings. The Balaban J connectivity index is 0.00000180. The van der Waals surface area contributed by atoms with Crippen LogP contribution in [0.1, 0.15) is 25.7 Å². The number of rotatable bonds is 4. The van der Waals surface area contributed by atoms with Crippen molar-refractivity contribution in [3.63, 3.8) is 0 Å². The van der Waals surface area contributed by atoms with E-state index in [2.05, 4.69) is 11.5 Å². The van der Waals surface area contributed by atoms with Gasteiger partial charge in [-0.05, 0) is 19.4 Å². The number of nitrogens with zero attached hydrogens (tertiary/aromatic N) is 2. The quantitative estimate of drug-likeness (QED) is 0.646. The van der Waals surface area contributed by atoms with E-state index in [1.54, 1.807) is 0 Å². The number of piperazine rings is 1. The monoisotopic (exact) mass is 300 g/mol. The first kappa shape index (κ1) is 18.2. The molecule has 1 saturated carbocycles. The molecular weight excluding hydrogens is 279 g/mol. The largest absolute Gasteiger partial charge is 1.00 e. The third-order valence-electron chi connectivity index (χ3n) is 4.14. The van der Waals surface area contributed by atoms with Crippen LogP contribution in [0.4, 0.5) is 12.9 Å². The van der Waals surface area contributed by atoms with E-state index in [-0.39, 0.29) is 57.9 Å². The molecular formula is C12H21BF3KN2. The van der Waals surface area contributed by atoms with Crippen molar-refractivity contribution < 1.29 is 64.3 Å². The molecule has 0 bridgehead atoms. The Kier molecular flexibility index (Phi) is 7.63. The molecule has 0 unspecified atom stereocenters. The Bertz CT molecular complexity index is 298. The van der Waals surface area contributed by atoms with Gasteiger partial charge >= 0.3 is 58.4 Å². The maximum atomic E-state index is 12.5. The van der Waals surface area contributed by atoms with Gasteiger partial charge in [-0.2, -0.15) is 0 Å². The molecule has 2 aliphatic rings. The molecule has 1 aliphatic heterocycles. The Morgan fingerprint density at radius 3 is 2.05 bits per heavy atom. The summed E-state index contributed by atoms with van der Waals surface area (Å²) in [4.78, 5) is 4.33. The Morgan fingerprint density at radius 2 is 1.58 bits per heavy atom. The van der Waals surface area contributed by atoms with Gasteiger partial charge in [0.15, 0.2) is 0 Å². The third-order valence-corrected chi connectivity index (χ3v) is 4.14. The minimum absolute atomic E-state index is 0. The van der Waals surface area contributed by atoms with Crippen LogP contribution in [0.15, 0.2) is 12.1 Å². The molecule has 1 saturated heterocycles. The SMILES string of the molecule is C=C(CN1CCN(C2CCCC2)CC1)[B-](F)(F)F.[K+]. The summed E-state index contributed by atoms with van der Waals surface area (Å²) in [5.74, 6) is 0. The van der Waals surface area contributed by atoms with Gasteiger partial charge in [0.2, 0.25) is 0 Å². The molecule has 2 rings (SSSR count). The van der Waals surface area contributed by atoms with Gasteiger partial charge < -0.3 is 12.9 Å². The van der Waals surface area contributed by atoms with Crippen molar-refractivity contribution in [1.29, 1.82) is 0 Å². The summed E-state index contributed by atoms with van der Waals surface area (Å²) >= 11 is 0. The Hall–Kier alpha value is 1.15. The molecule has 0 spiro atoms. The zero-order chi connectivity index (χ0) is 13.2. The topological polar surface area (TPSA) is 6.48 Å². The maximum absolute atomic E-state index is 12.5. The van der Waals surface area contributed by atoms with E-state index in [0.29, 0.717) is 6.04 Å². The molecule has 0 amide bonds. The fraction of sp³-hybridized carbons (Fsp3) is 0.833. The summed E-state index contributed by atoms with van der Waals surface area (Å²) in [6.45, 7) is 1.57. The van der Waals surface area contributed by atoms with Crippen molar-refractivity contribution in [3.8, 4) is 0 Å². The van der Waals surface area contributed by atoms with Gasteiger partial charge in [0.05, 0.1) is 0 Å². The first-order valence-electron chi connectivity index (χ1n) is 6.81. The first-order valence-corrected chi connectivity index (χ1v) is 6.81. The van der Waals surface area contributed by atoms with Gasteiger partial charge in [-0.15, -0.1) is 12.1 Å². The molecule has 0 radical (unpaired) electrons. The van der Waals surface area contributed by atoms with E-state index in [0.717, 1.165) is 26.2 Å². The second-order valence-electron chi connectivity index (χ2n) is 5.48. The summed E-state index contributed by atoms with van der Waals surface area (Å²) < 4.78 is 37.4. The predicted molar refractivity (Wildman–Crippen MR) is 68.5 cm³/mol. The van der Waals surface area contributed by atoms with E-state index in [9.17, 15) is 12.9 Å². The number of hydrogen-bond donors (Lipinski definition) is 0. The van der Waals surface area contributed by atoms with Crippen LogP contribution in [-0.4, -0.2) is 55.5 Å². The van der Waals surface area contributed by atoms with Crippen LogP contribution in [0.2, 0.25) is 0 Å². The molecule has 0 aromatic carbocycles. The second-order valence-corrected chi connectivity index (χ2v) is 5.48. The molecule has 19 heavy (non-hydrogen) atoms. The average molecular weight is 300 g/mol. The van der Waals surface area contributed by atoms with Crippen LogP contribution in [0.25, 0.3) is 0 Å². The predicted octanol–water partition coefficient (Wildman–Crippen LogP) is -0.507. The fourth-order valence-corrected chi connectivity index (χ4v) is 2.95. The minimum Gasteiger partial charge on any atom is -0.445 e. The minimum atomic E-state index is -4.87. The fourth-order valence-electron chi connectivity index (χ4n) is 2.95. The van der Waals surface area contributed by atoms with Gasteiger partial charge in [0.1, 0.15) is 0 Å². The Labute approximate surface area is 156 Å². The van der Waals surface area contributed by atoms with Crippen LogP contribution >= 0.6 is 0 Å². The smallest absolute Gasteiger partial charge is 0.445 e. The molecule has 7 heteroatoms. The van der Waals surface area contributed by atoms with Crippen LogP contribution in [0.5, 0.6) is 0 Å². The molecule has 1 heterocycles. The van der Waals surface area contributed by atoms with Crippen molar-refractivity contribution in [2.45, 2.75) is 31.7 Å². The molecule has 1 aliphatic carbocycles. The standard InChI is InChI=1S/C12H21BF3N2.K/c1-11(13(14,15)16)10-17-6-8-18(9-7-17)12-4-2-3-5-12;/h12H,1-10H2;/q-1;+1. The summed E-state index contributed by atoms with van der Waals surface area (Å²) in [6, 6.07) is 0.683. The van der Waals surface area contributed by atoms with Crippen molar-refractivity contribution >= 4 is 6.98 Å². The van der Waals surface area contributed by atoms with Gasteiger partial charge in [0, 0.05) is 32.2 Å². The van der Waals surface area contributed by atoms with Crippen molar-refractivity contribution in [2.24, 2.45) is 0 Å². The van der Waals surface area contributed by atoms with Crippen molar-refractivity contribution in [2.75, 3.05) is 32.7 Å². The van der Waals surface area contributed by atoms with Crippen molar-refractivity contribution in [3.05, 3.63) is 12.1 Å². The first-order chi connectivity index (χ1) is 8.47. The van der Waals surface area contributed by atoms with E-state index in [1.165, 1.54) is 25.7 Å². The van der Waals surface area contributed by atoms with E-state index < -0.39 is 12.4 Å². The molecule has 104 valence electrons. The zero-order valence-corrected chi connectivity index (χ0v) is 14.9. The van der Waals surface area contributed by atoms with Crippen LogP contribution < -0.4 is 51.4 Å². The molecule has 0 atom stereocenters. The van der Waals surface area contributed by atoms with Crippen LogP contribution in [0, 0.1) is 0 Å². The third kappa shape index (κ3) is 5.45. The molecule has 0 aromatic heterocycles. The van der Waals surface area contributed by atoms with E-state index in [1.807, 2.05) is 4.90 Å². The summed E-state index contributed by atoms with van der Waals surface area (Å²) in [5.41, 5.74) is -0.565. The molecule has 2 nitrogen and oxygen atoms in total. The van der Waals surface area contributed by atoms with Crippen molar-refractivity contribution in [1.82, 2.24) is 9.80 Å². The maximum Gasteiger partial charge on any atom is 1.00 e. The molecule has 0 N–H and O–H groups in total. The summed E-state index contributed by atoms with van der Waals surface area (Å²) in [7, 11) is 0. The Morgan fingerprint density at radius 1 is 1.05 bits per heavy atom. The normalized spacial score (nSPS) is 23.3. The van der Waals surface area contributed by atoms with E-state index in [4.69, 9.17) is 0 Å². The number of hydrogen-bond acceptors (Lipinski definition) is 2. The van der Waals surface area contributed by atoms with Gasteiger partial charge in [-0.25, -0.2) is 0 Å². The van der Waals surface area contributed by atoms with Crippen LogP contribution in [-0.2, 0) is 0 Å².